The highest BCUT2D eigenvalue weighted by Gasteiger charge is 2.44. The van der Waals surface area contributed by atoms with Gasteiger partial charge in [0.2, 0.25) is 10.0 Å². The maximum Gasteiger partial charge on any atom is 0.220 e. The lowest BCUT2D eigenvalue weighted by Crippen LogP contribution is -2.34. The zero-order valence-electron chi connectivity index (χ0n) is 12.6. The number of hydrogen-bond donors (Lipinski definition) is 1. The third-order valence-corrected chi connectivity index (χ3v) is 6.77. The van der Waals surface area contributed by atoms with E-state index in [1.165, 1.54) is 0 Å². The van der Waals surface area contributed by atoms with E-state index in [2.05, 4.69) is 5.16 Å². The van der Waals surface area contributed by atoms with Gasteiger partial charge in [-0.25, -0.2) is 12.7 Å². The van der Waals surface area contributed by atoms with Crippen LogP contribution in [0.5, 0.6) is 0 Å². The van der Waals surface area contributed by atoms with Gasteiger partial charge in [-0.3, -0.25) is 0 Å². The number of para-hydroxylation sites is 1. The number of aromatic nitrogens is 1. The molecule has 0 bridgehead atoms. The molecule has 0 amide bonds. The summed E-state index contributed by atoms with van der Waals surface area (Å²) in [5.41, 5.74) is 7.19. The zero-order chi connectivity index (χ0) is 15.3. The van der Waals surface area contributed by atoms with Gasteiger partial charge in [-0.05, 0) is 36.8 Å². The van der Waals surface area contributed by atoms with Gasteiger partial charge in [0.25, 0.3) is 0 Å². The second-order valence-corrected chi connectivity index (χ2v) is 8.33. The number of nitrogens with two attached hydrogens (primary N) is 1. The molecule has 3 atom stereocenters. The smallest absolute Gasteiger partial charge is 0.220 e. The Balaban J connectivity index is 0.00000156. The van der Waals surface area contributed by atoms with Gasteiger partial charge in [0.15, 0.2) is 5.58 Å². The summed E-state index contributed by atoms with van der Waals surface area (Å²) >= 11 is 0. The first-order valence-corrected chi connectivity index (χ1v) is 9.22. The van der Waals surface area contributed by atoms with Crippen LogP contribution in [0.1, 0.15) is 18.5 Å². The highest BCUT2D eigenvalue weighted by atomic mass is 35.5. The van der Waals surface area contributed by atoms with E-state index < -0.39 is 10.0 Å². The molecule has 3 unspecified atom stereocenters. The molecule has 1 aromatic heterocycles. The van der Waals surface area contributed by atoms with Crippen molar-refractivity contribution in [3.8, 4) is 0 Å². The van der Waals surface area contributed by atoms with Crippen LogP contribution in [0.15, 0.2) is 28.8 Å². The molecule has 126 valence electrons. The minimum Gasteiger partial charge on any atom is -0.356 e. The predicted molar refractivity (Wildman–Crippen MR) is 89.6 cm³/mol. The first-order chi connectivity index (χ1) is 10.5. The molecule has 1 saturated heterocycles. The van der Waals surface area contributed by atoms with Gasteiger partial charge in [0.05, 0.1) is 0 Å². The van der Waals surface area contributed by atoms with Gasteiger partial charge in [0.1, 0.15) is 11.4 Å². The standard InChI is InChI=1S/C15H19N3O3S.ClH/c16-13-6-5-10-7-18(8-12(10)13)22(19,20)9-14-11-3-1-2-4-15(11)21-17-14;/h1-4,10,12-13H,5-9,16H2;1H. The second-order valence-electron chi connectivity index (χ2n) is 6.36. The first kappa shape index (κ1) is 16.7. The molecule has 1 aliphatic carbocycles. The lowest BCUT2D eigenvalue weighted by Gasteiger charge is -2.17. The number of fused-ring (bicyclic) bond motifs is 2. The molecule has 1 aromatic carbocycles. The van der Waals surface area contributed by atoms with Crippen LogP contribution in [0, 0.1) is 11.8 Å². The minimum absolute atomic E-state index is 0. The summed E-state index contributed by atoms with van der Waals surface area (Å²) < 4.78 is 32.2. The van der Waals surface area contributed by atoms with Crippen molar-refractivity contribution in [1.82, 2.24) is 9.46 Å². The van der Waals surface area contributed by atoms with Crippen LogP contribution in [0.3, 0.4) is 0 Å². The Morgan fingerprint density at radius 2 is 2.04 bits per heavy atom. The Morgan fingerprint density at radius 1 is 1.26 bits per heavy atom. The van der Waals surface area contributed by atoms with E-state index in [4.69, 9.17) is 10.3 Å². The fraction of sp³-hybridized carbons (Fsp3) is 0.533. The van der Waals surface area contributed by atoms with Crippen LogP contribution in [0.2, 0.25) is 0 Å². The first-order valence-electron chi connectivity index (χ1n) is 7.61. The Bertz CT molecular complexity index is 807. The number of halogens is 1. The quantitative estimate of drug-likeness (QED) is 0.903. The summed E-state index contributed by atoms with van der Waals surface area (Å²) in [5, 5.41) is 4.70. The molecule has 2 fully saturated rings. The van der Waals surface area contributed by atoms with Crippen molar-refractivity contribution < 1.29 is 12.9 Å². The SMILES string of the molecule is Cl.NC1CCC2CN(S(=O)(=O)Cc3noc4ccccc34)CC12. The fourth-order valence-electron chi connectivity index (χ4n) is 3.80. The molecule has 2 aromatic rings. The third-order valence-electron chi connectivity index (χ3n) is 5.04. The van der Waals surface area contributed by atoms with Gasteiger partial charge < -0.3 is 10.3 Å². The van der Waals surface area contributed by atoms with Crippen LogP contribution in [0.4, 0.5) is 0 Å². The van der Waals surface area contributed by atoms with Crippen LogP contribution in [-0.2, 0) is 15.8 Å². The summed E-state index contributed by atoms with van der Waals surface area (Å²) in [5.74, 6) is 0.612. The Kier molecular flexibility index (Phi) is 4.39. The third kappa shape index (κ3) is 2.87. The van der Waals surface area contributed by atoms with E-state index in [0.29, 0.717) is 36.2 Å². The highest BCUT2D eigenvalue weighted by molar-refractivity contribution is 7.88. The number of hydrogen-bond acceptors (Lipinski definition) is 5. The fourth-order valence-corrected chi connectivity index (χ4v) is 5.35. The Hall–Kier alpha value is -1.15. The summed E-state index contributed by atoms with van der Waals surface area (Å²) in [6.07, 6.45) is 2.04. The van der Waals surface area contributed by atoms with Crippen molar-refractivity contribution >= 4 is 33.4 Å². The number of sulfonamides is 1. The molecule has 0 spiro atoms. The zero-order valence-corrected chi connectivity index (χ0v) is 14.2. The molecule has 2 N–H and O–H groups in total. The summed E-state index contributed by atoms with van der Waals surface area (Å²) in [6.45, 7) is 1.14. The Labute approximate surface area is 141 Å². The number of benzene rings is 1. The molecular weight excluding hydrogens is 338 g/mol. The molecule has 4 rings (SSSR count). The minimum atomic E-state index is -3.38. The topological polar surface area (TPSA) is 89.4 Å². The largest absolute Gasteiger partial charge is 0.356 e. The monoisotopic (exact) mass is 357 g/mol. The number of rotatable bonds is 3. The van der Waals surface area contributed by atoms with Gasteiger partial charge in [0, 0.05) is 24.5 Å². The molecule has 2 heterocycles. The summed E-state index contributed by atoms with van der Waals surface area (Å²) in [4.78, 5) is 0. The summed E-state index contributed by atoms with van der Waals surface area (Å²) in [6, 6.07) is 7.46. The average Bonchev–Trinajstić information content (AvgIpc) is 3.16. The van der Waals surface area contributed by atoms with Crippen molar-refractivity contribution in [2.24, 2.45) is 17.6 Å². The van der Waals surface area contributed by atoms with Gasteiger partial charge >= 0.3 is 0 Å². The van der Waals surface area contributed by atoms with E-state index in [1.54, 1.807) is 10.4 Å². The lowest BCUT2D eigenvalue weighted by atomic mass is 9.98. The van der Waals surface area contributed by atoms with Crippen molar-refractivity contribution in [3.63, 3.8) is 0 Å². The predicted octanol–water partition coefficient (Wildman–Crippen LogP) is 1.75. The van der Waals surface area contributed by atoms with Crippen LogP contribution in [-0.4, -0.2) is 37.0 Å². The van der Waals surface area contributed by atoms with E-state index in [9.17, 15) is 8.42 Å². The van der Waals surface area contributed by atoms with Crippen molar-refractivity contribution in [2.75, 3.05) is 13.1 Å². The molecule has 23 heavy (non-hydrogen) atoms. The van der Waals surface area contributed by atoms with Crippen LogP contribution in [0.25, 0.3) is 11.0 Å². The molecule has 6 nitrogen and oxygen atoms in total. The highest BCUT2D eigenvalue weighted by Crippen LogP contribution is 2.38. The molecular formula is C15H20ClN3O3S. The van der Waals surface area contributed by atoms with Crippen LogP contribution >= 0.6 is 12.4 Å². The van der Waals surface area contributed by atoms with Gasteiger partial charge in [-0.15, -0.1) is 12.4 Å². The Morgan fingerprint density at radius 3 is 2.83 bits per heavy atom. The lowest BCUT2D eigenvalue weighted by molar-refractivity contribution is 0.423. The second kappa shape index (κ2) is 6.05. The van der Waals surface area contributed by atoms with E-state index >= 15 is 0 Å². The maximum atomic E-state index is 12.7. The molecule has 1 saturated carbocycles. The maximum absolute atomic E-state index is 12.7. The van der Waals surface area contributed by atoms with Crippen LogP contribution < -0.4 is 5.73 Å². The van der Waals surface area contributed by atoms with E-state index in [0.717, 1.165) is 18.2 Å². The molecule has 1 aliphatic heterocycles. The molecule has 8 heteroatoms. The normalized spacial score (nSPS) is 28.0. The number of nitrogens with zero attached hydrogens (tertiary/aromatic N) is 2. The van der Waals surface area contributed by atoms with Crippen molar-refractivity contribution in [3.05, 3.63) is 30.0 Å². The van der Waals surface area contributed by atoms with Crippen molar-refractivity contribution in [2.45, 2.75) is 24.6 Å². The van der Waals surface area contributed by atoms with Gasteiger partial charge in [-0.1, -0.05) is 17.3 Å². The molecule has 0 radical (unpaired) electrons. The average molecular weight is 358 g/mol. The van der Waals surface area contributed by atoms with Gasteiger partial charge in [-0.2, -0.15) is 0 Å². The molecule has 2 aliphatic rings. The van der Waals surface area contributed by atoms with Crippen molar-refractivity contribution in [1.29, 1.82) is 0 Å². The summed E-state index contributed by atoms with van der Waals surface area (Å²) in [7, 11) is -3.38. The van der Waals surface area contributed by atoms with E-state index in [1.807, 2.05) is 18.2 Å². The van der Waals surface area contributed by atoms with E-state index in [-0.39, 0.29) is 24.2 Å².